The predicted octanol–water partition coefficient (Wildman–Crippen LogP) is 2.36. The molecule has 0 aliphatic heterocycles. The second-order valence-electron chi connectivity index (χ2n) is 4.61. The molecule has 0 radical (unpaired) electrons. The first-order valence-electron chi connectivity index (χ1n) is 5.04. The van der Waals surface area contributed by atoms with E-state index in [4.69, 9.17) is 0 Å². The van der Waals surface area contributed by atoms with E-state index in [0.29, 0.717) is 18.6 Å². The van der Waals surface area contributed by atoms with Crippen molar-refractivity contribution < 1.29 is 9.59 Å². The van der Waals surface area contributed by atoms with Gasteiger partial charge in [0.25, 0.3) is 0 Å². The van der Waals surface area contributed by atoms with Gasteiger partial charge in [-0.3, -0.25) is 4.79 Å². The minimum Gasteiger partial charge on any atom is -0.303 e. The summed E-state index contributed by atoms with van der Waals surface area (Å²) in [6, 6.07) is 0. The molecule has 13 heavy (non-hydrogen) atoms. The monoisotopic (exact) mass is 182 g/mol. The average molecular weight is 182 g/mol. The molecule has 1 atom stereocenters. The molecule has 1 saturated carbocycles. The predicted molar refractivity (Wildman–Crippen MR) is 51.4 cm³/mol. The van der Waals surface area contributed by atoms with Gasteiger partial charge in [-0.05, 0) is 24.7 Å². The molecule has 1 aliphatic rings. The molecule has 0 spiro atoms. The summed E-state index contributed by atoms with van der Waals surface area (Å²) in [5.74, 6) is 0.476. The summed E-state index contributed by atoms with van der Waals surface area (Å²) in [6.45, 7) is 4.28. The smallest absolute Gasteiger partial charge is 0.136 e. The molecule has 0 aromatic carbocycles. The third-order valence-corrected chi connectivity index (χ3v) is 3.15. The summed E-state index contributed by atoms with van der Waals surface area (Å²) in [6.07, 6.45) is 5.03. The van der Waals surface area contributed by atoms with E-state index in [0.717, 1.165) is 25.5 Å². The van der Waals surface area contributed by atoms with Gasteiger partial charge in [0.2, 0.25) is 0 Å². The molecular weight excluding hydrogens is 164 g/mol. The zero-order valence-corrected chi connectivity index (χ0v) is 8.51. The highest BCUT2D eigenvalue weighted by Gasteiger charge is 2.37. The van der Waals surface area contributed by atoms with Crippen LogP contribution in [-0.4, -0.2) is 12.1 Å². The van der Waals surface area contributed by atoms with E-state index in [1.807, 2.05) is 0 Å². The number of hydrogen-bond donors (Lipinski definition) is 0. The fourth-order valence-corrected chi connectivity index (χ4v) is 2.29. The lowest BCUT2D eigenvalue weighted by molar-refractivity contribution is -0.129. The molecule has 0 amide bonds. The summed E-state index contributed by atoms with van der Waals surface area (Å²) in [4.78, 5) is 21.9. The molecule has 0 aromatic heterocycles. The van der Waals surface area contributed by atoms with Crippen molar-refractivity contribution in [3.05, 3.63) is 0 Å². The fraction of sp³-hybridized carbons (Fsp3) is 0.818. The van der Waals surface area contributed by atoms with Crippen LogP contribution in [0.25, 0.3) is 0 Å². The molecule has 1 unspecified atom stereocenters. The normalized spacial score (nSPS) is 27.2. The van der Waals surface area contributed by atoms with E-state index >= 15 is 0 Å². The van der Waals surface area contributed by atoms with E-state index in [9.17, 15) is 9.59 Å². The Morgan fingerprint density at radius 2 is 2.23 bits per heavy atom. The number of carbonyl (C=O) groups is 2. The average Bonchev–Trinajstić information content (AvgIpc) is 2.02. The van der Waals surface area contributed by atoms with Crippen molar-refractivity contribution in [1.29, 1.82) is 0 Å². The first-order chi connectivity index (χ1) is 6.08. The molecule has 0 N–H and O–H groups in total. The summed E-state index contributed by atoms with van der Waals surface area (Å²) in [5.41, 5.74) is 0.109. The summed E-state index contributed by atoms with van der Waals surface area (Å²) in [7, 11) is 0. The van der Waals surface area contributed by atoms with Crippen molar-refractivity contribution in [3.8, 4) is 0 Å². The van der Waals surface area contributed by atoms with Crippen LogP contribution in [0.15, 0.2) is 0 Å². The molecule has 0 bridgehead atoms. The second-order valence-corrected chi connectivity index (χ2v) is 4.61. The van der Waals surface area contributed by atoms with Crippen molar-refractivity contribution >= 4 is 12.1 Å². The first kappa shape index (κ1) is 10.4. The van der Waals surface area contributed by atoms with Crippen molar-refractivity contribution in [2.24, 2.45) is 11.3 Å². The summed E-state index contributed by atoms with van der Waals surface area (Å²) < 4.78 is 0. The van der Waals surface area contributed by atoms with E-state index in [-0.39, 0.29) is 11.3 Å². The molecule has 2 heteroatoms. The Kier molecular flexibility index (Phi) is 3.23. The summed E-state index contributed by atoms with van der Waals surface area (Å²) >= 11 is 0. The highest BCUT2D eigenvalue weighted by atomic mass is 16.1. The quantitative estimate of drug-likeness (QED) is 0.628. The topological polar surface area (TPSA) is 34.1 Å². The highest BCUT2D eigenvalue weighted by Crippen LogP contribution is 2.40. The largest absolute Gasteiger partial charge is 0.303 e. The molecule has 1 rings (SSSR count). The Bertz CT molecular complexity index is 206. The second kappa shape index (κ2) is 4.03. The number of carbonyl (C=O) groups excluding carboxylic acids is 2. The Balaban J connectivity index is 2.63. The number of hydrogen-bond acceptors (Lipinski definition) is 2. The Hall–Kier alpha value is -0.660. The number of rotatable bonds is 3. The van der Waals surface area contributed by atoms with Crippen LogP contribution >= 0.6 is 0 Å². The van der Waals surface area contributed by atoms with Crippen molar-refractivity contribution in [1.82, 2.24) is 0 Å². The lowest BCUT2D eigenvalue weighted by Crippen LogP contribution is -2.35. The van der Waals surface area contributed by atoms with Crippen LogP contribution in [0, 0.1) is 11.3 Å². The maximum absolute atomic E-state index is 11.6. The van der Waals surface area contributed by atoms with Crippen LogP contribution in [0.5, 0.6) is 0 Å². The van der Waals surface area contributed by atoms with Crippen LogP contribution in [0.4, 0.5) is 0 Å². The van der Waals surface area contributed by atoms with Gasteiger partial charge in [0.15, 0.2) is 0 Å². The van der Waals surface area contributed by atoms with Crippen molar-refractivity contribution in [2.45, 2.75) is 46.0 Å². The molecule has 0 saturated heterocycles. The number of ketones is 1. The zero-order chi connectivity index (χ0) is 9.90. The standard InChI is InChI=1S/C11H18O2/c1-11(2)7-3-6-10(13)9(11)5-4-8-12/h8-9H,3-7H2,1-2H3. The highest BCUT2D eigenvalue weighted by molar-refractivity contribution is 5.82. The molecule has 2 nitrogen and oxygen atoms in total. The first-order valence-corrected chi connectivity index (χ1v) is 5.04. The zero-order valence-electron chi connectivity index (χ0n) is 8.51. The molecular formula is C11H18O2. The van der Waals surface area contributed by atoms with Crippen LogP contribution in [0.1, 0.15) is 46.0 Å². The van der Waals surface area contributed by atoms with Gasteiger partial charge in [0.1, 0.15) is 12.1 Å². The molecule has 0 aromatic rings. The minimum atomic E-state index is 0.109. The SMILES string of the molecule is CC1(C)CCCC(=O)C1CCC=O. The maximum atomic E-state index is 11.6. The lowest BCUT2D eigenvalue weighted by Gasteiger charge is -2.37. The Labute approximate surface area is 79.7 Å². The van der Waals surface area contributed by atoms with E-state index in [2.05, 4.69) is 13.8 Å². The van der Waals surface area contributed by atoms with E-state index in [1.54, 1.807) is 0 Å². The van der Waals surface area contributed by atoms with Gasteiger partial charge >= 0.3 is 0 Å². The van der Waals surface area contributed by atoms with Crippen molar-refractivity contribution in [2.75, 3.05) is 0 Å². The Morgan fingerprint density at radius 1 is 1.54 bits per heavy atom. The molecule has 74 valence electrons. The maximum Gasteiger partial charge on any atom is 0.136 e. The summed E-state index contributed by atoms with van der Waals surface area (Å²) in [5, 5.41) is 0. The van der Waals surface area contributed by atoms with E-state index in [1.165, 1.54) is 0 Å². The third-order valence-electron chi connectivity index (χ3n) is 3.15. The molecule has 1 aliphatic carbocycles. The van der Waals surface area contributed by atoms with Gasteiger partial charge in [0.05, 0.1) is 0 Å². The van der Waals surface area contributed by atoms with Gasteiger partial charge < -0.3 is 4.79 Å². The van der Waals surface area contributed by atoms with Gasteiger partial charge in [-0.1, -0.05) is 13.8 Å². The Morgan fingerprint density at radius 3 is 2.77 bits per heavy atom. The van der Waals surface area contributed by atoms with Gasteiger partial charge in [-0.15, -0.1) is 0 Å². The van der Waals surface area contributed by atoms with Crippen LogP contribution in [0.3, 0.4) is 0 Å². The van der Waals surface area contributed by atoms with Gasteiger partial charge in [-0.2, -0.15) is 0 Å². The van der Waals surface area contributed by atoms with Crippen LogP contribution in [0.2, 0.25) is 0 Å². The van der Waals surface area contributed by atoms with Gasteiger partial charge in [0, 0.05) is 18.8 Å². The molecule has 1 fully saturated rings. The van der Waals surface area contributed by atoms with E-state index < -0.39 is 0 Å². The fourth-order valence-electron chi connectivity index (χ4n) is 2.29. The van der Waals surface area contributed by atoms with Gasteiger partial charge in [-0.25, -0.2) is 0 Å². The number of aldehydes is 1. The molecule has 0 heterocycles. The van der Waals surface area contributed by atoms with Crippen LogP contribution in [-0.2, 0) is 9.59 Å². The van der Waals surface area contributed by atoms with Crippen molar-refractivity contribution in [3.63, 3.8) is 0 Å². The lowest BCUT2D eigenvalue weighted by atomic mass is 9.66. The number of Topliss-reactive ketones (excluding diaryl/α,β-unsaturated/α-hetero) is 1. The third kappa shape index (κ3) is 2.39. The minimum absolute atomic E-state index is 0.109. The van der Waals surface area contributed by atoms with Crippen LogP contribution < -0.4 is 0 Å².